The zero-order valence-corrected chi connectivity index (χ0v) is 13.2. The van der Waals surface area contributed by atoms with Crippen molar-refractivity contribution in [1.82, 2.24) is 10.2 Å². The van der Waals surface area contributed by atoms with Crippen LogP contribution >= 0.6 is 0 Å². The zero-order chi connectivity index (χ0) is 16.9. The van der Waals surface area contributed by atoms with Crippen molar-refractivity contribution in [2.75, 3.05) is 18.4 Å². The molecule has 3 amide bonds. The highest BCUT2D eigenvalue weighted by Crippen LogP contribution is 2.49. The predicted molar refractivity (Wildman–Crippen MR) is 85.6 cm³/mol. The summed E-state index contributed by atoms with van der Waals surface area (Å²) in [5, 5.41) is 15.2. The Hall–Kier alpha value is -2.57. The zero-order valence-electron chi connectivity index (χ0n) is 13.2. The Labute approximate surface area is 139 Å². The number of fused-ring (bicyclic) bond motifs is 2. The molecule has 7 heteroatoms. The van der Waals surface area contributed by atoms with Gasteiger partial charge in [-0.2, -0.15) is 0 Å². The second-order valence-corrected chi connectivity index (χ2v) is 6.88. The van der Waals surface area contributed by atoms with E-state index in [4.69, 9.17) is 0 Å². The third-order valence-corrected chi connectivity index (χ3v) is 5.67. The topological polar surface area (TPSA) is 98.7 Å². The summed E-state index contributed by atoms with van der Waals surface area (Å²) in [5.74, 6) is -0.900. The van der Waals surface area contributed by atoms with Gasteiger partial charge in [-0.1, -0.05) is 12.5 Å². The number of benzene rings is 1. The molecule has 1 saturated heterocycles. The summed E-state index contributed by atoms with van der Waals surface area (Å²) in [4.78, 5) is 37.6. The van der Waals surface area contributed by atoms with E-state index in [2.05, 4.69) is 10.6 Å². The highest BCUT2D eigenvalue weighted by molar-refractivity contribution is 6.01. The number of carbonyl (C=O) groups is 3. The molecule has 2 aliphatic heterocycles. The van der Waals surface area contributed by atoms with Gasteiger partial charge in [0.15, 0.2) is 0 Å². The van der Waals surface area contributed by atoms with Crippen molar-refractivity contribution >= 4 is 23.6 Å². The number of aliphatic carboxylic acids is 1. The Morgan fingerprint density at radius 3 is 2.96 bits per heavy atom. The maximum absolute atomic E-state index is 12.6. The number of nitrogens with zero attached hydrogens (tertiary/aromatic N) is 1. The van der Waals surface area contributed by atoms with Crippen LogP contribution in [0.4, 0.5) is 10.5 Å². The summed E-state index contributed by atoms with van der Waals surface area (Å²) in [6, 6.07) is 4.93. The number of carbonyl (C=O) groups excluding carboxylic acids is 2. The number of likely N-dealkylation sites (tertiary alicyclic amines) is 1. The van der Waals surface area contributed by atoms with Crippen molar-refractivity contribution in [1.29, 1.82) is 0 Å². The van der Waals surface area contributed by atoms with Crippen LogP contribution in [-0.4, -0.2) is 41.0 Å². The van der Waals surface area contributed by atoms with Gasteiger partial charge in [-0.15, -0.1) is 0 Å². The van der Waals surface area contributed by atoms with E-state index in [1.54, 1.807) is 23.1 Å². The van der Waals surface area contributed by atoms with Crippen LogP contribution in [0.3, 0.4) is 0 Å². The first-order valence-corrected chi connectivity index (χ1v) is 8.21. The third kappa shape index (κ3) is 2.07. The van der Waals surface area contributed by atoms with Crippen LogP contribution in [0.5, 0.6) is 0 Å². The van der Waals surface area contributed by atoms with Crippen molar-refractivity contribution in [2.45, 2.75) is 25.8 Å². The van der Waals surface area contributed by atoms with Crippen LogP contribution in [0.1, 0.15) is 35.2 Å². The fraction of sp³-hybridized carbons (Fsp3) is 0.471. The van der Waals surface area contributed by atoms with Gasteiger partial charge in [0, 0.05) is 36.4 Å². The van der Waals surface area contributed by atoms with Crippen molar-refractivity contribution in [2.24, 2.45) is 11.3 Å². The Bertz CT molecular complexity index is 747. The van der Waals surface area contributed by atoms with Gasteiger partial charge in [0.25, 0.3) is 5.91 Å². The Balaban J connectivity index is 1.53. The van der Waals surface area contributed by atoms with E-state index in [9.17, 15) is 19.5 Å². The molecule has 1 aliphatic carbocycles. The first-order chi connectivity index (χ1) is 11.5. The lowest BCUT2D eigenvalue weighted by Gasteiger charge is -2.23. The summed E-state index contributed by atoms with van der Waals surface area (Å²) in [7, 11) is 0. The number of hydrogen-bond acceptors (Lipinski definition) is 3. The normalized spacial score (nSPS) is 27.6. The van der Waals surface area contributed by atoms with E-state index >= 15 is 0 Å². The van der Waals surface area contributed by atoms with Crippen molar-refractivity contribution < 1.29 is 19.5 Å². The van der Waals surface area contributed by atoms with E-state index in [1.165, 1.54) is 0 Å². The van der Waals surface area contributed by atoms with E-state index in [0.29, 0.717) is 30.8 Å². The first-order valence-electron chi connectivity index (χ1n) is 8.21. The van der Waals surface area contributed by atoms with Gasteiger partial charge in [-0.3, -0.25) is 9.59 Å². The van der Waals surface area contributed by atoms with Crippen molar-refractivity contribution in [3.8, 4) is 0 Å². The molecule has 0 spiro atoms. The van der Waals surface area contributed by atoms with Gasteiger partial charge >= 0.3 is 12.0 Å². The number of nitrogens with one attached hydrogen (secondary N) is 2. The fourth-order valence-corrected chi connectivity index (χ4v) is 4.36. The lowest BCUT2D eigenvalue weighted by atomic mass is 9.81. The molecule has 1 aromatic rings. The predicted octanol–water partition coefficient (Wildman–Crippen LogP) is 1.65. The van der Waals surface area contributed by atoms with Crippen LogP contribution < -0.4 is 10.6 Å². The monoisotopic (exact) mass is 329 g/mol. The highest BCUT2D eigenvalue weighted by atomic mass is 16.4. The van der Waals surface area contributed by atoms with E-state index in [-0.39, 0.29) is 24.4 Å². The Kier molecular flexibility index (Phi) is 3.26. The molecule has 3 aliphatic rings. The minimum Gasteiger partial charge on any atom is -0.481 e. The Morgan fingerprint density at radius 2 is 2.21 bits per heavy atom. The second-order valence-electron chi connectivity index (χ2n) is 6.88. The van der Waals surface area contributed by atoms with Crippen molar-refractivity contribution in [3.05, 3.63) is 29.3 Å². The van der Waals surface area contributed by atoms with Crippen LogP contribution in [0, 0.1) is 11.3 Å². The van der Waals surface area contributed by atoms with Gasteiger partial charge in [-0.25, -0.2) is 4.79 Å². The summed E-state index contributed by atoms with van der Waals surface area (Å²) in [5.41, 5.74) is 1.18. The maximum atomic E-state index is 12.6. The molecule has 24 heavy (non-hydrogen) atoms. The molecule has 0 aromatic heterocycles. The van der Waals surface area contributed by atoms with E-state index in [1.807, 2.05) is 0 Å². The number of rotatable bonds is 2. The molecular weight excluding hydrogens is 310 g/mol. The molecule has 2 heterocycles. The van der Waals surface area contributed by atoms with E-state index < -0.39 is 11.4 Å². The lowest BCUT2D eigenvalue weighted by Crippen LogP contribution is -2.38. The molecule has 1 aromatic carbocycles. The minimum absolute atomic E-state index is 0.0329. The van der Waals surface area contributed by atoms with Crippen LogP contribution in [-0.2, 0) is 11.3 Å². The van der Waals surface area contributed by atoms with Crippen molar-refractivity contribution in [3.63, 3.8) is 0 Å². The third-order valence-electron chi connectivity index (χ3n) is 5.67. The molecule has 3 N–H and O–H groups in total. The standard InChI is InChI=1S/C17H19N3O4/c21-14-11-4-1-5-13(12(11)7-18-14)19-16(24)20-8-10-3-2-6-17(10,9-20)15(22)23/h1,4-5,10H,2-3,6-9H2,(H,18,21)(H,19,24)(H,22,23)/t10-,17+/m0/s1. The average molecular weight is 329 g/mol. The summed E-state index contributed by atoms with van der Waals surface area (Å²) in [6.45, 7) is 1.13. The number of amides is 3. The number of hydrogen-bond donors (Lipinski definition) is 3. The second kappa shape index (κ2) is 5.22. The van der Waals surface area contributed by atoms with E-state index in [0.717, 1.165) is 18.4 Å². The van der Waals surface area contributed by atoms with Crippen LogP contribution in [0.15, 0.2) is 18.2 Å². The van der Waals surface area contributed by atoms with Gasteiger partial charge in [-0.05, 0) is 30.9 Å². The molecule has 1 saturated carbocycles. The quantitative estimate of drug-likeness (QED) is 0.768. The van der Waals surface area contributed by atoms with Crippen LogP contribution in [0.25, 0.3) is 0 Å². The fourth-order valence-electron chi connectivity index (χ4n) is 4.36. The highest BCUT2D eigenvalue weighted by Gasteiger charge is 2.55. The van der Waals surface area contributed by atoms with Crippen LogP contribution in [0.2, 0.25) is 0 Å². The molecule has 126 valence electrons. The molecule has 0 radical (unpaired) electrons. The summed E-state index contributed by atoms with van der Waals surface area (Å²) >= 11 is 0. The SMILES string of the molecule is O=C1NCc2c(NC(=O)N3C[C@@H]4CCC[C@@]4(C(=O)O)C3)cccc21. The van der Waals surface area contributed by atoms with Gasteiger partial charge in [0.1, 0.15) is 0 Å². The molecule has 7 nitrogen and oxygen atoms in total. The number of carboxylic acids is 1. The average Bonchev–Trinajstić information content (AvgIpc) is 3.20. The first kappa shape index (κ1) is 15.0. The number of carboxylic acid groups (broad SMARTS) is 1. The molecular formula is C17H19N3O4. The molecule has 0 bridgehead atoms. The largest absolute Gasteiger partial charge is 0.481 e. The minimum atomic E-state index is -0.796. The smallest absolute Gasteiger partial charge is 0.321 e. The Morgan fingerprint density at radius 1 is 1.38 bits per heavy atom. The number of anilines is 1. The number of urea groups is 1. The molecule has 2 atom stereocenters. The lowest BCUT2D eigenvalue weighted by molar-refractivity contribution is -0.149. The van der Waals surface area contributed by atoms with Gasteiger partial charge < -0.3 is 20.6 Å². The molecule has 2 fully saturated rings. The molecule has 0 unspecified atom stereocenters. The van der Waals surface area contributed by atoms with Gasteiger partial charge in [0.05, 0.1) is 5.41 Å². The summed E-state index contributed by atoms with van der Waals surface area (Å²) in [6.07, 6.45) is 2.40. The van der Waals surface area contributed by atoms with Gasteiger partial charge in [0.2, 0.25) is 0 Å². The summed E-state index contributed by atoms with van der Waals surface area (Å²) < 4.78 is 0. The maximum Gasteiger partial charge on any atom is 0.321 e. The molecule has 4 rings (SSSR count).